The third-order valence-electron chi connectivity index (χ3n) is 2.35. The Kier molecular flexibility index (Phi) is 4.18. The molecule has 0 aliphatic heterocycles. The fourth-order valence-corrected chi connectivity index (χ4v) is 1.28. The van der Waals surface area contributed by atoms with E-state index in [1.54, 1.807) is 12.1 Å². The lowest BCUT2D eigenvalue weighted by molar-refractivity contribution is 0.218. The molecule has 0 aliphatic rings. The summed E-state index contributed by atoms with van der Waals surface area (Å²) in [5.74, 6) is 0.546. The first-order chi connectivity index (χ1) is 7.04. The zero-order chi connectivity index (χ0) is 11.4. The van der Waals surface area contributed by atoms with Crippen molar-refractivity contribution in [3.05, 3.63) is 23.8 Å². The van der Waals surface area contributed by atoms with Crippen LogP contribution in [0, 0.1) is 6.92 Å². The molecule has 0 radical (unpaired) electrons. The van der Waals surface area contributed by atoms with Crippen LogP contribution in [-0.2, 0) is 0 Å². The Labute approximate surface area is 90.9 Å². The van der Waals surface area contributed by atoms with Crippen LogP contribution in [0.2, 0.25) is 0 Å². The highest BCUT2D eigenvalue weighted by molar-refractivity contribution is 6.59. The summed E-state index contributed by atoms with van der Waals surface area (Å²) < 4.78 is 5.59. The molecular weight excluding hydrogens is 191 g/mol. The fraction of sp³-hybridized carbons (Fsp3) is 0.455. The highest BCUT2D eigenvalue weighted by Gasteiger charge is 2.18. The molecule has 2 N–H and O–H groups in total. The lowest BCUT2D eigenvalue weighted by Crippen LogP contribution is -2.32. The van der Waals surface area contributed by atoms with Crippen LogP contribution in [0.4, 0.5) is 0 Å². The standard InChI is InChI=1S/C11H17BO3/c1-4-9(3)15-11-6-5-8(2)7-10(11)12(13)14/h5-7,9,13-14H,4H2,1-3H3. The van der Waals surface area contributed by atoms with E-state index in [4.69, 9.17) is 4.74 Å². The Morgan fingerprint density at radius 2 is 2.07 bits per heavy atom. The van der Waals surface area contributed by atoms with Gasteiger partial charge in [-0.2, -0.15) is 0 Å². The molecule has 0 amide bonds. The maximum absolute atomic E-state index is 9.19. The van der Waals surface area contributed by atoms with Crippen LogP contribution < -0.4 is 10.2 Å². The molecular formula is C11H17BO3. The topological polar surface area (TPSA) is 49.7 Å². The second-order valence-electron chi connectivity index (χ2n) is 3.75. The summed E-state index contributed by atoms with van der Waals surface area (Å²) in [5, 5.41) is 18.4. The molecule has 1 atom stereocenters. The van der Waals surface area contributed by atoms with Crippen molar-refractivity contribution in [2.24, 2.45) is 0 Å². The predicted molar refractivity (Wildman–Crippen MR) is 61.4 cm³/mol. The van der Waals surface area contributed by atoms with Crippen molar-refractivity contribution >= 4 is 12.6 Å². The second-order valence-corrected chi connectivity index (χ2v) is 3.75. The van der Waals surface area contributed by atoms with E-state index in [-0.39, 0.29) is 6.10 Å². The Hall–Kier alpha value is -0.995. The van der Waals surface area contributed by atoms with Gasteiger partial charge in [-0.1, -0.05) is 24.6 Å². The van der Waals surface area contributed by atoms with Gasteiger partial charge in [-0.3, -0.25) is 0 Å². The molecule has 0 bridgehead atoms. The molecule has 1 unspecified atom stereocenters. The largest absolute Gasteiger partial charge is 0.492 e. The molecule has 0 saturated carbocycles. The molecule has 15 heavy (non-hydrogen) atoms. The van der Waals surface area contributed by atoms with E-state index in [1.807, 2.05) is 26.8 Å². The van der Waals surface area contributed by atoms with Gasteiger partial charge in [0.25, 0.3) is 0 Å². The van der Waals surface area contributed by atoms with Crippen molar-refractivity contribution in [1.29, 1.82) is 0 Å². The number of aryl methyl sites for hydroxylation is 1. The monoisotopic (exact) mass is 208 g/mol. The van der Waals surface area contributed by atoms with E-state index in [1.165, 1.54) is 0 Å². The summed E-state index contributed by atoms with van der Waals surface area (Å²) in [6, 6.07) is 5.39. The third kappa shape index (κ3) is 3.25. The zero-order valence-electron chi connectivity index (χ0n) is 9.40. The minimum absolute atomic E-state index is 0.0743. The summed E-state index contributed by atoms with van der Waals surface area (Å²) >= 11 is 0. The summed E-state index contributed by atoms with van der Waals surface area (Å²) in [5.41, 5.74) is 1.41. The van der Waals surface area contributed by atoms with Gasteiger partial charge < -0.3 is 14.8 Å². The first-order valence-corrected chi connectivity index (χ1v) is 5.18. The molecule has 3 nitrogen and oxygen atoms in total. The molecule has 1 aromatic carbocycles. The number of benzene rings is 1. The molecule has 1 aromatic rings. The van der Waals surface area contributed by atoms with Gasteiger partial charge in [0.15, 0.2) is 0 Å². The number of hydrogen-bond acceptors (Lipinski definition) is 3. The van der Waals surface area contributed by atoms with Gasteiger partial charge in [0.1, 0.15) is 5.75 Å². The quantitative estimate of drug-likeness (QED) is 0.721. The van der Waals surface area contributed by atoms with Crippen molar-refractivity contribution in [2.75, 3.05) is 0 Å². The molecule has 0 aromatic heterocycles. The number of rotatable bonds is 4. The normalized spacial score (nSPS) is 12.3. The first-order valence-electron chi connectivity index (χ1n) is 5.18. The van der Waals surface area contributed by atoms with Gasteiger partial charge in [0, 0.05) is 5.46 Å². The molecule has 0 heterocycles. The van der Waals surface area contributed by atoms with Crippen LogP contribution in [0.25, 0.3) is 0 Å². The average molecular weight is 208 g/mol. The SMILES string of the molecule is CCC(C)Oc1ccc(C)cc1B(O)O. The minimum Gasteiger partial charge on any atom is -0.491 e. The third-order valence-corrected chi connectivity index (χ3v) is 2.35. The molecule has 82 valence electrons. The molecule has 0 fully saturated rings. The van der Waals surface area contributed by atoms with E-state index < -0.39 is 7.12 Å². The maximum Gasteiger partial charge on any atom is 0.492 e. The zero-order valence-corrected chi connectivity index (χ0v) is 9.40. The van der Waals surface area contributed by atoms with Crippen LogP contribution in [0.15, 0.2) is 18.2 Å². The van der Waals surface area contributed by atoms with Crippen molar-refractivity contribution in [3.8, 4) is 5.75 Å². The summed E-state index contributed by atoms with van der Waals surface area (Å²) in [6.07, 6.45) is 0.958. The minimum atomic E-state index is -1.48. The molecule has 1 rings (SSSR count). The van der Waals surface area contributed by atoms with Crippen molar-refractivity contribution < 1.29 is 14.8 Å². The predicted octanol–water partition coefficient (Wildman–Crippen LogP) is 0.852. The van der Waals surface area contributed by atoms with Crippen molar-refractivity contribution in [2.45, 2.75) is 33.3 Å². The lowest BCUT2D eigenvalue weighted by Gasteiger charge is -2.16. The van der Waals surface area contributed by atoms with Gasteiger partial charge >= 0.3 is 7.12 Å². The van der Waals surface area contributed by atoms with E-state index in [0.29, 0.717) is 11.2 Å². The van der Waals surface area contributed by atoms with Gasteiger partial charge in [-0.15, -0.1) is 0 Å². The molecule has 4 heteroatoms. The van der Waals surface area contributed by atoms with E-state index in [2.05, 4.69) is 0 Å². The fourth-order valence-electron chi connectivity index (χ4n) is 1.28. The van der Waals surface area contributed by atoms with Gasteiger partial charge in [-0.25, -0.2) is 0 Å². The average Bonchev–Trinajstić information content (AvgIpc) is 2.20. The number of ether oxygens (including phenoxy) is 1. The van der Waals surface area contributed by atoms with Crippen LogP contribution in [-0.4, -0.2) is 23.3 Å². The molecule has 0 saturated heterocycles. The summed E-state index contributed by atoms with van der Waals surface area (Å²) in [6.45, 7) is 5.88. The lowest BCUT2D eigenvalue weighted by atomic mass is 9.79. The first kappa shape index (κ1) is 12.1. The van der Waals surface area contributed by atoms with E-state index in [9.17, 15) is 10.0 Å². The van der Waals surface area contributed by atoms with Crippen molar-refractivity contribution in [1.82, 2.24) is 0 Å². The Balaban J connectivity index is 2.95. The van der Waals surface area contributed by atoms with Crippen molar-refractivity contribution in [3.63, 3.8) is 0 Å². The van der Waals surface area contributed by atoms with Crippen LogP contribution in [0.5, 0.6) is 5.75 Å². The van der Waals surface area contributed by atoms with Gasteiger partial charge in [0.2, 0.25) is 0 Å². The maximum atomic E-state index is 9.19. The molecule has 0 spiro atoms. The van der Waals surface area contributed by atoms with Crippen LogP contribution in [0.3, 0.4) is 0 Å². The Morgan fingerprint density at radius 1 is 1.40 bits per heavy atom. The van der Waals surface area contributed by atoms with Gasteiger partial charge in [-0.05, 0) is 26.3 Å². The Bertz CT molecular complexity index is 326. The smallest absolute Gasteiger partial charge is 0.491 e. The summed E-state index contributed by atoms with van der Waals surface area (Å²) in [7, 11) is -1.48. The van der Waals surface area contributed by atoms with E-state index >= 15 is 0 Å². The number of hydrogen-bond donors (Lipinski definition) is 2. The van der Waals surface area contributed by atoms with Crippen LogP contribution in [0.1, 0.15) is 25.8 Å². The Morgan fingerprint density at radius 3 is 2.60 bits per heavy atom. The highest BCUT2D eigenvalue weighted by atomic mass is 16.5. The molecule has 0 aliphatic carbocycles. The summed E-state index contributed by atoms with van der Waals surface area (Å²) in [4.78, 5) is 0. The van der Waals surface area contributed by atoms with Crippen LogP contribution >= 0.6 is 0 Å². The van der Waals surface area contributed by atoms with Gasteiger partial charge in [0.05, 0.1) is 6.10 Å². The highest BCUT2D eigenvalue weighted by Crippen LogP contribution is 2.12. The van der Waals surface area contributed by atoms with E-state index in [0.717, 1.165) is 12.0 Å². The second kappa shape index (κ2) is 5.19.